The van der Waals surface area contributed by atoms with Crippen molar-refractivity contribution in [2.75, 3.05) is 13.2 Å². The third-order valence-corrected chi connectivity index (χ3v) is 4.10. The Morgan fingerprint density at radius 2 is 1.96 bits per heavy atom. The summed E-state index contributed by atoms with van der Waals surface area (Å²) in [7, 11) is 0. The van der Waals surface area contributed by atoms with Crippen molar-refractivity contribution in [2.24, 2.45) is 0 Å². The van der Waals surface area contributed by atoms with Crippen molar-refractivity contribution in [1.82, 2.24) is 5.32 Å². The van der Waals surface area contributed by atoms with E-state index in [-0.39, 0.29) is 12.6 Å². The Labute approximate surface area is 143 Å². The van der Waals surface area contributed by atoms with Gasteiger partial charge in [-0.1, -0.05) is 23.7 Å². The number of carbonyl (C=O) groups is 1. The first-order chi connectivity index (χ1) is 11.1. The standard InChI is InChI=1S/C16H19ClF3NO3/c1-15(2,24-14(22)16(18,19)20)13-8-21-12(9-23-13)7-10-3-5-11(17)6-4-10/h3-6,12-13,21H,7-9H2,1-2H3/t12-,13+/m0/s1. The Balaban J connectivity index is 1.87. The molecule has 0 unspecified atom stereocenters. The van der Waals surface area contributed by atoms with Crippen LogP contribution in [0.1, 0.15) is 19.4 Å². The molecule has 0 spiro atoms. The molecule has 4 nitrogen and oxygen atoms in total. The molecular weight excluding hydrogens is 347 g/mol. The molecule has 0 saturated carbocycles. The van der Waals surface area contributed by atoms with Crippen LogP contribution in [0.2, 0.25) is 5.02 Å². The highest BCUT2D eigenvalue weighted by molar-refractivity contribution is 6.30. The van der Waals surface area contributed by atoms with Crippen LogP contribution in [0.3, 0.4) is 0 Å². The fraction of sp³-hybridized carbons (Fsp3) is 0.562. The van der Waals surface area contributed by atoms with Gasteiger partial charge in [0.05, 0.1) is 6.61 Å². The number of halogens is 4. The van der Waals surface area contributed by atoms with Crippen molar-refractivity contribution in [2.45, 2.75) is 44.2 Å². The lowest BCUT2D eigenvalue weighted by atomic mass is 9.98. The Kier molecular flexibility index (Phi) is 5.78. The summed E-state index contributed by atoms with van der Waals surface area (Å²) in [6.07, 6.45) is -4.98. The predicted molar refractivity (Wildman–Crippen MR) is 82.9 cm³/mol. The van der Waals surface area contributed by atoms with E-state index in [1.807, 2.05) is 12.1 Å². The van der Waals surface area contributed by atoms with E-state index in [2.05, 4.69) is 10.1 Å². The third kappa shape index (κ3) is 5.09. The molecule has 8 heteroatoms. The van der Waals surface area contributed by atoms with Gasteiger partial charge < -0.3 is 14.8 Å². The Bertz CT molecular complexity index is 567. The summed E-state index contributed by atoms with van der Waals surface area (Å²) in [4.78, 5) is 11.0. The number of ether oxygens (including phenoxy) is 2. The third-order valence-electron chi connectivity index (χ3n) is 3.85. The highest BCUT2D eigenvalue weighted by atomic mass is 35.5. The van der Waals surface area contributed by atoms with Crippen LogP contribution in [0.15, 0.2) is 24.3 Å². The van der Waals surface area contributed by atoms with Crippen LogP contribution in [0.25, 0.3) is 0 Å². The Morgan fingerprint density at radius 1 is 1.33 bits per heavy atom. The number of rotatable bonds is 4. The van der Waals surface area contributed by atoms with Gasteiger partial charge in [0.2, 0.25) is 0 Å². The number of morpholine rings is 1. The topological polar surface area (TPSA) is 47.6 Å². The first kappa shape index (κ1) is 19.0. The second-order valence-electron chi connectivity index (χ2n) is 6.25. The summed E-state index contributed by atoms with van der Waals surface area (Å²) in [6, 6.07) is 7.43. The van der Waals surface area contributed by atoms with Crippen molar-refractivity contribution < 1.29 is 27.4 Å². The molecule has 1 aromatic rings. The quantitative estimate of drug-likeness (QED) is 0.833. The normalized spacial score (nSPS) is 22.2. The molecule has 1 aromatic carbocycles. The molecule has 2 atom stereocenters. The molecule has 1 heterocycles. The number of esters is 1. The van der Waals surface area contributed by atoms with Crippen LogP contribution in [0, 0.1) is 0 Å². The molecule has 1 N–H and O–H groups in total. The lowest BCUT2D eigenvalue weighted by Crippen LogP contribution is -2.56. The average molecular weight is 366 g/mol. The van der Waals surface area contributed by atoms with Crippen molar-refractivity contribution >= 4 is 17.6 Å². The fourth-order valence-corrected chi connectivity index (χ4v) is 2.59. The van der Waals surface area contributed by atoms with Gasteiger partial charge >= 0.3 is 12.1 Å². The second-order valence-corrected chi connectivity index (χ2v) is 6.68. The maximum Gasteiger partial charge on any atom is 0.490 e. The van der Waals surface area contributed by atoms with E-state index < -0.39 is 23.9 Å². The Morgan fingerprint density at radius 3 is 2.46 bits per heavy atom. The van der Waals surface area contributed by atoms with Crippen molar-refractivity contribution in [3.63, 3.8) is 0 Å². The Hall–Kier alpha value is -1.31. The minimum absolute atomic E-state index is 0.0246. The molecule has 0 aliphatic carbocycles. The molecule has 24 heavy (non-hydrogen) atoms. The van der Waals surface area contributed by atoms with Gasteiger partial charge in [0, 0.05) is 17.6 Å². The fourth-order valence-electron chi connectivity index (χ4n) is 2.47. The molecule has 1 saturated heterocycles. The van der Waals surface area contributed by atoms with E-state index in [0.29, 0.717) is 18.1 Å². The molecule has 0 radical (unpaired) electrons. The number of hydrogen-bond donors (Lipinski definition) is 1. The smallest absolute Gasteiger partial charge is 0.450 e. The second kappa shape index (κ2) is 7.29. The zero-order valence-electron chi connectivity index (χ0n) is 13.3. The van der Waals surface area contributed by atoms with Gasteiger partial charge in [-0.25, -0.2) is 4.79 Å². The van der Waals surface area contributed by atoms with Gasteiger partial charge in [0.25, 0.3) is 0 Å². The monoisotopic (exact) mass is 365 g/mol. The molecule has 134 valence electrons. The molecule has 0 amide bonds. The van der Waals surface area contributed by atoms with Gasteiger partial charge in [-0.05, 0) is 38.0 Å². The van der Waals surface area contributed by atoms with Gasteiger partial charge in [0.1, 0.15) is 11.7 Å². The van der Waals surface area contributed by atoms with Crippen LogP contribution in [0.5, 0.6) is 0 Å². The lowest BCUT2D eigenvalue weighted by Gasteiger charge is -2.39. The maximum atomic E-state index is 12.3. The summed E-state index contributed by atoms with van der Waals surface area (Å²) in [6.45, 7) is 3.40. The van der Waals surface area contributed by atoms with E-state index in [1.165, 1.54) is 13.8 Å². The summed E-state index contributed by atoms with van der Waals surface area (Å²) in [5, 5.41) is 3.87. The minimum atomic E-state index is -5.02. The summed E-state index contributed by atoms with van der Waals surface area (Å²) in [5.41, 5.74) is -0.313. The molecule has 1 fully saturated rings. The summed E-state index contributed by atoms with van der Waals surface area (Å²) >= 11 is 5.84. The summed E-state index contributed by atoms with van der Waals surface area (Å²) in [5.74, 6) is -2.21. The number of carbonyl (C=O) groups excluding carboxylic acids is 1. The van der Waals surface area contributed by atoms with E-state index >= 15 is 0 Å². The van der Waals surface area contributed by atoms with E-state index in [9.17, 15) is 18.0 Å². The molecule has 1 aliphatic rings. The zero-order valence-corrected chi connectivity index (χ0v) is 14.1. The van der Waals surface area contributed by atoms with Gasteiger partial charge in [-0.2, -0.15) is 13.2 Å². The maximum absolute atomic E-state index is 12.3. The molecule has 1 aliphatic heterocycles. The van der Waals surface area contributed by atoms with E-state index in [4.69, 9.17) is 16.3 Å². The van der Waals surface area contributed by atoms with Crippen LogP contribution in [0.4, 0.5) is 13.2 Å². The first-order valence-electron chi connectivity index (χ1n) is 7.47. The highest BCUT2D eigenvalue weighted by Crippen LogP contribution is 2.26. The van der Waals surface area contributed by atoms with Crippen LogP contribution < -0.4 is 5.32 Å². The number of benzene rings is 1. The molecule has 0 bridgehead atoms. The van der Waals surface area contributed by atoms with Crippen LogP contribution in [-0.2, 0) is 20.7 Å². The van der Waals surface area contributed by atoms with Gasteiger partial charge in [-0.3, -0.25) is 0 Å². The van der Waals surface area contributed by atoms with Crippen molar-refractivity contribution in [3.05, 3.63) is 34.9 Å². The zero-order chi connectivity index (χ0) is 18.0. The van der Waals surface area contributed by atoms with Crippen molar-refractivity contribution in [3.8, 4) is 0 Å². The largest absolute Gasteiger partial charge is 0.490 e. The lowest BCUT2D eigenvalue weighted by molar-refractivity contribution is -0.223. The van der Waals surface area contributed by atoms with E-state index in [1.54, 1.807) is 12.1 Å². The van der Waals surface area contributed by atoms with Crippen LogP contribution >= 0.6 is 11.6 Å². The molecule has 0 aromatic heterocycles. The number of hydrogen-bond acceptors (Lipinski definition) is 4. The van der Waals surface area contributed by atoms with Gasteiger partial charge in [0.15, 0.2) is 0 Å². The SMILES string of the molecule is CC(C)(OC(=O)C(F)(F)F)[C@H]1CN[C@@H](Cc2ccc(Cl)cc2)CO1. The first-order valence-corrected chi connectivity index (χ1v) is 7.85. The predicted octanol–water partition coefficient (Wildman–Crippen LogP) is 3.12. The average Bonchev–Trinajstić information content (AvgIpc) is 2.49. The summed E-state index contributed by atoms with van der Waals surface area (Å²) < 4.78 is 47.2. The van der Waals surface area contributed by atoms with Crippen LogP contribution in [-0.4, -0.2) is 43.0 Å². The minimum Gasteiger partial charge on any atom is -0.450 e. The number of nitrogens with one attached hydrogen (secondary N) is 1. The van der Waals surface area contributed by atoms with E-state index in [0.717, 1.165) is 5.56 Å². The van der Waals surface area contributed by atoms with Crippen molar-refractivity contribution in [1.29, 1.82) is 0 Å². The number of alkyl halides is 3. The van der Waals surface area contributed by atoms with Gasteiger partial charge in [-0.15, -0.1) is 0 Å². The highest BCUT2D eigenvalue weighted by Gasteiger charge is 2.46. The molecular formula is C16H19ClF3NO3. The molecule has 2 rings (SSSR count).